The van der Waals surface area contributed by atoms with Crippen LogP contribution in [0.4, 0.5) is 14.5 Å². The summed E-state index contributed by atoms with van der Waals surface area (Å²) in [4.78, 5) is 15.7. The third-order valence-electron chi connectivity index (χ3n) is 11.0. The highest BCUT2D eigenvalue weighted by Gasteiger charge is 2.45. The molecule has 0 spiro atoms. The molecule has 2 aromatic carbocycles. The molecular formula is C37H47ClF2N2O5S. The molecule has 2 saturated carbocycles. The molecule has 2 aromatic rings. The zero-order valence-electron chi connectivity index (χ0n) is 27.8. The molecule has 0 saturated heterocycles. The van der Waals surface area contributed by atoms with Crippen molar-refractivity contribution in [3.05, 3.63) is 70.3 Å². The minimum absolute atomic E-state index is 0.0142. The number of carbonyl (C=O) groups excluding carboxylic acids is 1. The van der Waals surface area contributed by atoms with Crippen LogP contribution in [0.3, 0.4) is 0 Å². The van der Waals surface area contributed by atoms with Gasteiger partial charge in [0.15, 0.2) is 0 Å². The van der Waals surface area contributed by atoms with Gasteiger partial charge in [0, 0.05) is 43.1 Å². The molecule has 1 unspecified atom stereocenters. The van der Waals surface area contributed by atoms with Gasteiger partial charge >= 0.3 is 0 Å². The Morgan fingerprint density at radius 2 is 1.90 bits per heavy atom. The van der Waals surface area contributed by atoms with E-state index >= 15 is 0 Å². The van der Waals surface area contributed by atoms with Crippen molar-refractivity contribution in [2.45, 2.75) is 95.5 Å². The van der Waals surface area contributed by atoms with Gasteiger partial charge in [-0.05, 0) is 117 Å². The van der Waals surface area contributed by atoms with Crippen LogP contribution < -0.4 is 14.4 Å². The summed E-state index contributed by atoms with van der Waals surface area (Å²) in [6, 6.07) is 11.0. The third-order valence-corrected chi connectivity index (χ3v) is 13.1. The normalized spacial score (nSPS) is 29.8. The van der Waals surface area contributed by atoms with Gasteiger partial charge in [-0.25, -0.2) is 21.9 Å². The molecule has 262 valence electrons. The molecule has 2 aliphatic carbocycles. The standard InChI is InChI=1S/C37H47ClF2N2O5S/c1-24-6-5-8-34(46-17-15-26-20-37(39,40)21-26)32-13-10-29(32)22-42-16-4-3-7-27-18-31(38)12-9-30(27)23-47-35-14-11-28(19-33(35)42)36(43)41-48(44,45)25(24)2/h5,8-9,11-12,14,18-19,24-26,29,32,34H,3-4,6-7,10,13,15-17,20-23H2,1-2H3,(H,41,43)/b8-5+/t24-,25+,29-,32+,34?/m0/s1. The number of nitrogens with zero attached hydrogens (tertiary/aromatic N) is 1. The quantitative estimate of drug-likeness (QED) is 0.325. The summed E-state index contributed by atoms with van der Waals surface area (Å²) < 4.78 is 68.8. The number of allylic oxidation sites excluding steroid dienone is 1. The van der Waals surface area contributed by atoms with Crippen LogP contribution in [0.25, 0.3) is 0 Å². The molecule has 0 radical (unpaired) electrons. The average Bonchev–Trinajstić information content (AvgIpc) is 3.04. The van der Waals surface area contributed by atoms with Crippen LogP contribution in [-0.4, -0.2) is 51.3 Å². The number of hydrogen-bond donors (Lipinski definition) is 1. The van der Waals surface area contributed by atoms with E-state index in [0.29, 0.717) is 42.7 Å². The molecule has 4 aliphatic rings. The summed E-state index contributed by atoms with van der Waals surface area (Å²) >= 11 is 6.34. The predicted molar refractivity (Wildman–Crippen MR) is 184 cm³/mol. The lowest BCUT2D eigenvalue weighted by molar-refractivity contribution is -0.119. The molecule has 5 atom stereocenters. The van der Waals surface area contributed by atoms with E-state index in [0.717, 1.165) is 62.0 Å². The van der Waals surface area contributed by atoms with Gasteiger partial charge in [0.2, 0.25) is 15.9 Å². The molecule has 2 heterocycles. The van der Waals surface area contributed by atoms with E-state index in [4.69, 9.17) is 21.1 Å². The number of anilines is 1. The average molecular weight is 705 g/mol. The predicted octanol–water partition coefficient (Wildman–Crippen LogP) is 7.95. The van der Waals surface area contributed by atoms with E-state index in [-0.39, 0.29) is 42.3 Å². The van der Waals surface area contributed by atoms with Crippen molar-refractivity contribution in [2.24, 2.45) is 23.7 Å². The Kier molecular flexibility index (Phi) is 10.7. The highest BCUT2D eigenvalue weighted by molar-refractivity contribution is 7.90. The number of carbonyl (C=O) groups is 1. The minimum Gasteiger partial charge on any atom is -0.487 e. The van der Waals surface area contributed by atoms with Crippen LogP contribution in [0.1, 0.15) is 86.7 Å². The van der Waals surface area contributed by atoms with Gasteiger partial charge in [-0.15, -0.1) is 0 Å². The largest absolute Gasteiger partial charge is 0.487 e. The first-order valence-corrected chi connectivity index (χ1v) is 19.3. The zero-order valence-corrected chi connectivity index (χ0v) is 29.4. The van der Waals surface area contributed by atoms with Gasteiger partial charge < -0.3 is 14.4 Å². The lowest BCUT2D eigenvalue weighted by atomic mass is 9.70. The third kappa shape index (κ3) is 8.19. The number of sulfonamides is 1. The van der Waals surface area contributed by atoms with E-state index < -0.39 is 27.1 Å². The number of fused-ring (bicyclic) bond motifs is 3. The lowest BCUT2D eigenvalue weighted by Gasteiger charge is -2.44. The zero-order chi connectivity index (χ0) is 34.1. The molecule has 7 nitrogen and oxygen atoms in total. The summed E-state index contributed by atoms with van der Waals surface area (Å²) in [6.07, 6.45) is 9.53. The molecule has 2 bridgehead atoms. The minimum atomic E-state index is -3.97. The highest BCUT2D eigenvalue weighted by Crippen LogP contribution is 2.45. The fraction of sp³-hybridized carbons (Fsp3) is 0.595. The number of aryl methyl sites for hydroxylation is 1. The molecular weight excluding hydrogens is 658 g/mol. The Morgan fingerprint density at radius 3 is 2.65 bits per heavy atom. The Bertz CT molecular complexity index is 1610. The number of benzene rings is 2. The van der Waals surface area contributed by atoms with Crippen LogP contribution in [0.2, 0.25) is 5.02 Å². The number of halogens is 3. The van der Waals surface area contributed by atoms with Crippen LogP contribution in [0, 0.1) is 23.7 Å². The first-order valence-electron chi connectivity index (χ1n) is 17.4. The summed E-state index contributed by atoms with van der Waals surface area (Å²) in [6.45, 7) is 5.69. The van der Waals surface area contributed by atoms with Gasteiger partial charge in [0.25, 0.3) is 5.91 Å². The van der Waals surface area contributed by atoms with Crippen LogP contribution in [0.15, 0.2) is 48.6 Å². The van der Waals surface area contributed by atoms with Crippen LogP contribution in [-0.2, 0) is 27.8 Å². The van der Waals surface area contributed by atoms with Crippen molar-refractivity contribution in [3.8, 4) is 5.75 Å². The lowest BCUT2D eigenvalue weighted by Crippen LogP contribution is -2.44. The number of amides is 1. The summed E-state index contributed by atoms with van der Waals surface area (Å²) in [7, 11) is -3.97. The molecule has 48 heavy (non-hydrogen) atoms. The molecule has 0 aromatic heterocycles. The Hall–Kier alpha value is -2.69. The Morgan fingerprint density at radius 1 is 1.08 bits per heavy atom. The van der Waals surface area contributed by atoms with E-state index in [1.807, 2.05) is 31.2 Å². The van der Waals surface area contributed by atoms with Crippen molar-refractivity contribution >= 4 is 33.2 Å². The number of hydrogen-bond acceptors (Lipinski definition) is 6. The van der Waals surface area contributed by atoms with Crippen molar-refractivity contribution in [2.75, 3.05) is 24.6 Å². The maximum atomic E-state index is 13.5. The molecule has 1 amide bonds. The van der Waals surface area contributed by atoms with E-state index in [1.54, 1.807) is 25.1 Å². The second-order valence-corrected chi connectivity index (χ2v) is 16.8. The topological polar surface area (TPSA) is 84.9 Å². The van der Waals surface area contributed by atoms with Crippen molar-refractivity contribution < 1.29 is 31.5 Å². The van der Waals surface area contributed by atoms with Crippen LogP contribution in [0.5, 0.6) is 5.75 Å². The monoisotopic (exact) mass is 704 g/mol. The molecule has 2 fully saturated rings. The smallest absolute Gasteiger partial charge is 0.264 e. The molecule has 11 heteroatoms. The summed E-state index contributed by atoms with van der Waals surface area (Å²) in [5.41, 5.74) is 3.23. The number of nitrogens with one attached hydrogen (secondary N) is 1. The maximum Gasteiger partial charge on any atom is 0.264 e. The molecule has 6 rings (SSSR count). The van der Waals surface area contributed by atoms with Gasteiger partial charge in [0.1, 0.15) is 12.4 Å². The Labute approximate surface area is 288 Å². The SMILES string of the molecule is C[C@@H]1[C@@H](C)C/C=C/C(OCCC2CC(F)(F)C2)[C@@H]2CC[C@H]2CN2CCCCc3cc(Cl)ccc3COc3ccc(cc32)C(=O)NS1(=O)=O. The summed E-state index contributed by atoms with van der Waals surface area (Å²) in [5, 5.41) is -0.125. The number of alkyl halides is 2. The summed E-state index contributed by atoms with van der Waals surface area (Å²) in [5.74, 6) is -2.31. The second kappa shape index (κ2) is 14.7. The van der Waals surface area contributed by atoms with Gasteiger partial charge in [-0.3, -0.25) is 4.79 Å². The molecule has 2 aliphatic heterocycles. The van der Waals surface area contributed by atoms with Crippen molar-refractivity contribution in [3.63, 3.8) is 0 Å². The highest BCUT2D eigenvalue weighted by atomic mass is 35.5. The van der Waals surface area contributed by atoms with E-state index in [1.165, 1.54) is 0 Å². The van der Waals surface area contributed by atoms with E-state index in [9.17, 15) is 22.0 Å². The van der Waals surface area contributed by atoms with Gasteiger partial charge in [-0.2, -0.15) is 0 Å². The first kappa shape index (κ1) is 35.1. The Balaban J connectivity index is 1.31. The fourth-order valence-corrected chi connectivity index (χ4v) is 8.98. The first-order chi connectivity index (χ1) is 22.9. The maximum absolute atomic E-state index is 13.5. The molecule has 1 N–H and O–H groups in total. The number of rotatable bonds is 4. The number of ether oxygens (including phenoxy) is 2. The van der Waals surface area contributed by atoms with Crippen LogP contribution >= 0.6 is 11.6 Å². The second-order valence-electron chi connectivity index (χ2n) is 14.4. The van der Waals surface area contributed by atoms with E-state index in [2.05, 4.69) is 15.7 Å². The van der Waals surface area contributed by atoms with Gasteiger partial charge in [-0.1, -0.05) is 36.7 Å². The van der Waals surface area contributed by atoms with Gasteiger partial charge in [0.05, 0.1) is 17.0 Å². The van der Waals surface area contributed by atoms with Crippen molar-refractivity contribution in [1.29, 1.82) is 0 Å². The fourth-order valence-electron chi connectivity index (χ4n) is 7.50. The van der Waals surface area contributed by atoms with Crippen molar-refractivity contribution in [1.82, 2.24) is 4.72 Å².